The van der Waals surface area contributed by atoms with E-state index in [-0.39, 0.29) is 5.78 Å². The van der Waals surface area contributed by atoms with Crippen LogP contribution >= 0.6 is 0 Å². The largest absolute Gasteiger partial charge is 0.497 e. The molecule has 0 N–H and O–H groups in total. The van der Waals surface area contributed by atoms with Crippen LogP contribution in [0.15, 0.2) is 42.6 Å². The third-order valence-electron chi connectivity index (χ3n) is 3.78. The van der Waals surface area contributed by atoms with Crippen molar-refractivity contribution in [3.8, 4) is 5.75 Å². The third-order valence-corrected chi connectivity index (χ3v) is 3.78. The van der Waals surface area contributed by atoms with Gasteiger partial charge in [0.05, 0.1) is 7.11 Å². The van der Waals surface area contributed by atoms with E-state index >= 15 is 0 Å². The van der Waals surface area contributed by atoms with Crippen molar-refractivity contribution in [3.63, 3.8) is 0 Å². The van der Waals surface area contributed by atoms with Crippen molar-refractivity contribution in [3.05, 3.63) is 48.2 Å². The number of hydrogen-bond donors (Lipinski definition) is 0. The van der Waals surface area contributed by atoms with E-state index in [4.69, 9.17) is 4.74 Å². The summed E-state index contributed by atoms with van der Waals surface area (Å²) in [6, 6.07) is 8.03. The molecule has 0 bridgehead atoms. The topological polar surface area (TPSA) is 29.5 Å². The molecule has 2 aliphatic rings. The first-order valence-electron chi connectivity index (χ1n) is 6.58. The highest BCUT2D eigenvalue weighted by Crippen LogP contribution is 2.29. The first-order valence-corrected chi connectivity index (χ1v) is 6.58. The molecule has 0 aliphatic carbocycles. The number of carbonyl (C=O) groups excluding carboxylic acids is 1. The Morgan fingerprint density at radius 3 is 2.74 bits per heavy atom. The van der Waals surface area contributed by atoms with E-state index < -0.39 is 0 Å². The molecule has 19 heavy (non-hydrogen) atoms. The number of carbonyl (C=O) groups is 1. The number of nitrogens with zero attached hydrogens (tertiary/aromatic N) is 1. The van der Waals surface area contributed by atoms with Gasteiger partial charge in [0.2, 0.25) is 0 Å². The second kappa shape index (κ2) is 4.92. The van der Waals surface area contributed by atoms with Gasteiger partial charge in [0.25, 0.3) is 0 Å². The quantitative estimate of drug-likeness (QED) is 0.761. The van der Waals surface area contributed by atoms with Crippen molar-refractivity contribution in [2.24, 2.45) is 0 Å². The summed E-state index contributed by atoms with van der Waals surface area (Å²) in [6.07, 6.45) is 7.93. The van der Waals surface area contributed by atoms with Gasteiger partial charge in [-0.25, -0.2) is 0 Å². The van der Waals surface area contributed by atoms with Crippen molar-refractivity contribution in [2.45, 2.75) is 18.9 Å². The van der Waals surface area contributed by atoms with E-state index in [0.717, 1.165) is 29.9 Å². The molecule has 98 valence electrons. The van der Waals surface area contributed by atoms with Crippen molar-refractivity contribution in [1.29, 1.82) is 0 Å². The minimum Gasteiger partial charge on any atom is -0.497 e. The molecule has 0 aromatic heterocycles. The number of rotatable bonds is 2. The highest BCUT2D eigenvalue weighted by Gasteiger charge is 2.28. The van der Waals surface area contributed by atoms with Crippen LogP contribution in [0.25, 0.3) is 5.57 Å². The zero-order valence-electron chi connectivity index (χ0n) is 11.0. The Morgan fingerprint density at radius 1 is 1.21 bits per heavy atom. The van der Waals surface area contributed by atoms with Gasteiger partial charge in [-0.2, -0.15) is 0 Å². The van der Waals surface area contributed by atoms with Crippen LogP contribution in [0.3, 0.4) is 0 Å². The number of benzene rings is 1. The molecule has 0 saturated carbocycles. The molecule has 0 amide bonds. The number of Topliss-reactive ketones (excluding diaryl/α,β-unsaturated/α-hetero) is 1. The Hall–Kier alpha value is -2.03. The molecule has 3 nitrogen and oxygen atoms in total. The number of methoxy groups -OCH3 is 1. The molecule has 0 spiro atoms. The lowest BCUT2D eigenvalue weighted by molar-refractivity contribution is -0.115. The SMILES string of the molecule is COc1ccc(C2=CN3CC=CCC3CC2=O)cc1. The average Bonchev–Trinajstić information content (AvgIpc) is 2.47. The summed E-state index contributed by atoms with van der Waals surface area (Å²) in [5.41, 5.74) is 1.79. The van der Waals surface area contributed by atoms with Gasteiger partial charge in [0.15, 0.2) is 5.78 Å². The van der Waals surface area contributed by atoms with Gasteiger partial charge < -0.3 is 9.64 Å². The molecular formula is C16H17NO2. The van der Waals surface area contributed by atoms with Crippen molar-refractivity contribution in [1.82, 2.24) is 4.90 Å². The second-order valence-electron chi connectivity index (χ2n) is 4.96. The van der Waals surface area contributed by atoms with Crippen molar-refractivity contribution < 1.29 is 9.53 Å². The zero-order valence-corrected chi connectivity index (χ0v) is 11.0. The second-order valence-corrected chi connectivity index (χ2v) is 4.96. The lowest BCUT2D eigenvalue weighted by atomic mass is 9.91. The van der Waals surface area contributed by atoms with Gasteiger partial charge in [-0.15, -0.1) is 0 Å². The van der Waals surface area contributed by atoms with Crippen LogP contribution in [0, 0.1) is 0 Å². The molecule has 1 aromatic carbocycles. The fourth-order valence-corrected chi connectivity index (χ4v) is 2.66. The van der Waals surface area contributed by atoms with Gasteiger partial charge in [0.1, 0.15) is 5.75 Å². The fraction of sp³-hybridized carbons (Fsp3) is 0.312. The zero-order chi connectivity index (χ0) is 13.2. The predicted molar refractivity (Wildman–Crippen MR) is 74.8 cm³/mol. The highest BCUT2D eigenvalue weighted by molar-refractivity contribution is 6.21. The summed E-state index contributed by atoms with van der Waals surface area (Å²) >= 11 is 0. The average molecular weight is 255 g/mol. The third kappa shape index (κ3) is 2.28. The summed E-state index contributed by atoms with van der Waals surface area (Å²) in [5.74, 6) is 1.05. The Morgan fingerprint density at radius 2 is 2.00 bits per heavy atom. The smallest absolute Gasteiger partial charge is 0.166 e. The molecule has 1 unspecified atom stereocenters. The monoisotopic (exact) mass is 255 g/mol. The molecule has 0 radical (unpaired) electrons. The van der Waals surface area contributed by atoms with Gasteiger partial charge in [-0.3, -0.25) is 4.79 Å². The van der Waals surface area contributed by atoms with Crippen molar-refractivity contribution >= 4 is 11.4 Å². The highest BCUT2D eigenvalue weighted by atomic mass is 16.5. The number of ether oxygens (including phenoxy) is 1. The summed E-state index contributed by atoms with van der Waals surface area (Å²) in [7, 11) is 1.64. The Balaban J connectivity index is 1.91. The predicted octanol–water partition coefficient (Wildman–Crippen LogP) is 2.64. The van der Waals surface area contributed by atoms with Crippen LogP contribution in [-0.2, 0) is 4.79 Å². The standard InChI is InChI=1S/C16H17NO2/c1-19-14-7-5-12(6-8-14)15-11-17-9-3-2-4-13(17)10-16(15)18/h2-3,5-8,11,13H,4,9-10H2,1H3. The van der Waals surface area contributed by atoms with Crippen LogP contribution in [0.1, 0.15) is 18.4 Å². The fourth-order valence-electron chi connectivity index (χ4n) is 2.66. The maximum absolute atomic E-state index is 12.3. The minimum atomic E-state index is 0.238. The van der Waals surface area contributed by atoms with Crippen LogP contribution in [0.5, 0.6) is 5.75 Å². The van der Waals surface area contributed by atoms with E-state index in [2.05, 4.69) is 17.1 Å². The molecule has 0 fully saturated rings. The van der Waals surface area contributed by atoms with E-state index in [1.165, 1.54) is 0 Å². The number of allylic oxidation sites excluding steroid dienone is 1. The van der Waals surface area contributed by atoms with Gasteiger partial charge in [-0.1, -0.05) is 24.3 Å². The first-order chi connectivity index (χ1) is 9.28. The maximum atomic E-state index is 12.3. The molecular weight excluding hydrogens is 238 g/mol. The lowest BCUT2D eigenvalue weighted by Gasteiger charge is -2.35. The van der Waals surface area contributed by atoms with Gasteiger partial charge >= 0.3 is 0 Å². The Labute approximate surface area is 113 Å². The number of hydrogen-bond acceptors (Lipinski definition) is 3. The molecule has 0 saturated heterocycles. The molecule has 3 heteroatoms. The summed E-state index contributed by atoms with van der Waals surface area (Å²) in [4.78, 5) is 14.5. The van der Waals surface area contributed by atoms with Gasteiger partial charge in [0, 0.05) is 30.8 Å². The molecule has 1 atom stereocenters. The Kier molecular flexibility index (Phi) is 3.11. The summed E-state index contributed by atoms with van der Waals surface area (Å²) in [6.45, 7) is 0.900. The Bertz CT molecular complexity index is 542. The van der Waals surface area contributed by atoms with E-state index in [9.17, 15) is 4.79 Å². The first kappa shape index (κ1) is 12.0. The van der Waals surface area contributed by atoms with E-state index in [1.54, 1.807) is 7.11 Å². The molecule has 3 rings (SSSR count). The van der Waals surface area contributed by atoms with Crippen LogP contribution in [0.2, 0.25) is 0 Å². The van der Waals surface area contributed by atoms with Crippen LogP contribution < -0.4 is 4.74 Å². The minimum absolute atomic E-state index is 0.238. The summed E-state index contributed by atoms with van der Waals surface area (Å²) in [5, 5.41) is 0. The lowest BCUT2D eigenvalue weighted by Crippen LogP contribution is -2.38. The van der Waals surface area contributed by atoms with Crippen molar-refractivity contribution in [2.75, 3.05) is 13.7 Å². The molecule has 2 aliphatic heterocycles. The normalized spacial score (nSPS) is 21.9. The van der Waals surface area contributed by atoms with Gasteiger partial charge in [-0.05, 0) is 24.1 Å². The molecule has 1 aromatic rings. The summed E-state index contributed by atoms with van der Waals surface area (Å²) < 4.78 is 5.15. The number of ketones is 1. The molecule has 2 heterocycles. The number of fused-ring (bicyclic) bond motifs is 1. The van der Waals surface area contributed by atoms with Crippen LogP contribution in [-0.4, -0.2) is 30.4 Å². The van der Waals surface area contributed by atoms with E-state index in [1.807, 2.05) is 30.5 Å². The van der Waals surface area contributed by atoms with Crippen LogP contribution in [0.4, 0.5) is 0 Å². The maximum Gasteiger partial charge on any atom is 0.166 e. The van der Waals surface area contributed by atoms with E-state index in [0.29, 0.717) is 12.5 Å².